The molecule has 0 bridgehead atoms. The summed E-state index contributed by atoms with van der Waals surface area (Å²) >= 11 is 0. The molecule has 1 N–H and O–H groups in total. The van der Waals surface area contributed by atoms with Crippen molar-refractivity contribution >= 4 is 16.8 Å². The Bertz CT molecular complexity index is 898. The van der Waals surface area contributed by atoms with Crippen molar-refractivity contribution in [3.8, 4) is 0 Å². The first-order chi connectivity index (χ1) is 11.1. The van der Waals surface area contributed by atoms with Gasteiger partial charge in [-0.1, -0.05) is 42.0 Å². The Balaban J connectivity index is 1.77. The van der Waals surface area contributed by atoms with Gasteiger partial charge in [-0.25, -0.2) is 0 Å². The van der Waals surface area contributed by atoms with Gasteiger partial charge in [0.25, 0.3) is 0 Å². The van der Waals surface area contributed by atoms with Gasteiger partial charge < -0.3 is 9.88 Å². The molecule has 2 aromatic carbocycles. The van der Waals surface area contributed by atoms with Crippen LogP contribution in [0.15, 0.2) is 65.6 Å². The Morgan fingerprint density at radius 3 is 2.65 bits per heavy atom. The number of amides is 1. The maximum Gasteiger partial charge on any atom is 0.240 e. The van der Waals surface area contributed by atoms with Gasteiger partial charge in [0.1, 0.15) is 6.54 Å². The van der Waals surface area contributed by atoms with E-state index in [1.54, 1.807) is 10.8 Å². The van der Waals surface area contributed by atoms with Gasteiger partial charge in [-0.05, 0) is 24.6 Å². The molecule has 0 aliphatic rings. The van der Waals surface area contributed by atoms with Crippen LogP contribution < -0.4 is 10.7 Å². The number of hydrogen-bond acceptors (Lipinski definition) is 2. The van der Waals surface area contributed by atoms with Crippen molar-refractivity contribution in [1.82, 2.24) is 9.88 Å². The molecular formula is C19H18N2O2. The normalized spacial score (nSPS) is 10.7. The Morgan fingerprint density at radius 1 is 1.09 bits per heavy atom. The number of carbonyl (C=O) groups is 1. The number of rotatable bonds is 4. The van der Waals surface area contributed by atoms with Gasteiger partial charge in [0.2, 0.25) is 5.91 Å². The standard InChI is InChI=1S/C19H18N2O2/c1-14-7-8-17-16(11-14)18(22)9-10-21(17)13-19(23)20-12-15-5-3-2-4-6-15/h2-11H,12-13H2,1H3,(H,20,23). The second-order valence-corrected chi connectivity index (χ2v) is 5.59. The molecule has 0 saturated carbocycles. The summed E-state index contributed by atoms with van der Waals surface area (Å²) < 4.78 is 1.80. The van der Waals surface area contributed by atoms with Crippen LogP contribution in [0.3, 0.4) is 0 Å². The minimum atomic E-state index is -0.0839. The number of carbonyl (C=O) groups excluding carboxylic acids is 1. The first-order valence-electron chi connectivity index (χ1n) is 7.54. The molecule has 0 radical (unpaired) electrons. The van der Waals surface area contributed by atoms with Crippen molar-refractivity contribution in [2.45, 2.75) is 20.0 Å². The molecule has 0 aliphatic carbocycles. The molecule has 0 fully saturated rings. The average Bonchev–Trinajstić information content (AvgIpc) is 2.57. The van der Waals surface area contributed by atoms with Crippen LogP contribution in [0.4, 0.5) is 0 Å². The number of pyridine rings is 1. The Labute approximate surface area is 134 Å². The van der Waals surface area contributed by atoms with Crippen LogP contribution in [0, 0.1) is 6.92 Å². The predicted octanol–water partition coefficient (Wildman–Crippen LogP) is 2.63. The molecule has 4 heteroatoms. The van der Waals surface area contributed by atoms with Gasteiger partial charge in [-0.3, -0.25) is 9.59 Å². The number of aryl methyl sites for hydroxylation is 1. The van der Waals surface area contributed by atoms with Crippen molar-refractivity contribution in [2.24, 2.45) is 0 Å². The number of hydrogen-bond donors (Lipinski definition) is 1. The lowest BCUT2D eigenvalue weighted by atomic mass is 10.1. The zero-order valence-electron chi connectivity index (χ0n) is 13.0. The summed E-state index contributed by atoms with van der Waals surface area (Å²) in [6.07, 6.45) is 1.67. The molecule has 1 heterocycles. The third-order valence-electron chi connectivity index (χ3n) is 3.78. The van der Waals surface area contributed by atoms with Crippen molar-refractivity contribution in [2.75, 3.05) is 0 Å². The molecule has 0 unspecified atom stereocenters. The monoisotopic (exact) mass is 306 g/mol. The predicted molar refractivity (Wildman–Crippen MR) is 91.2 cm³/mol. The van der Waals surface area contributed by atoms with Crippen LogP contribution in [-0.2, 0) is 17.9 Å². The highest BCUT2D eigenvalue weighted by Gasteiger charge is 2.07. The van der Waals surface area contributed by atoms with Crippen LogP contribution in [0.2, 0.25) is 0 Å². The Kier molecular flexibility index (Phi) is 4.24. The number of nitrogens with one attached hydrogen (secondary N) is 1. The highest BCUT2D eigenvalue weighted by molar-refractivity contribution is 5.82. The molecule has 0 aliphatic heterocycles. The molecule has 3 rings (SSSR count). The minimum Gasteiger partial charge on any atom is -0.350 e. The van der Waals surface area contributed by atoms with Crippen LogP contribution in [-0.4, -0.2) is 10.5 Å². The number of nitrogens with zero attached hydrogens (tertiary/aromatic N) is 1. The van der Waals surface area contributed by atoms with Gasteiger partial charge in [-0.15, -0.1) is 0 Å². The van der Waals surface area contributed by atoms with Crippen molar-refractivity contribution in [3.63, 3.8) is 0 Å². The van der Waals surface area contributed by atoms with E-state index in [0.717, 1.165) is 16.6 Å². The van der Waals surface area contributed by atoms with E-state index in [-0.39, 0.29) is 17.9 Å². The fourth-order valence-electron chi connectivity index (χ4n) is 2.57. The summed E-state index contributed by atoms with van der Waals surface area (Å²) in [7, 11) is 0. The van der Waals surface area contributed by atoms with Gasteiger partial charge in [0, 0.05) is 24.2 Å². The highest BCUT2D eigenvalue weighted by Crippen LogP contribution is 2.12. The molecule has 23 heavy (non-hydrogen) atoms. The first kappa shape index (κ1) is 15.0. The van der Waals surface area contributed by atoms with Crippen molar-refractivity contribution in [3.05, 3.63) is 82.1 Å². The zero-order valence-corrected chi connectivity index (χ0v) is 13.0. The molecule has 1 aromatic heterocycles. The first-order valence-corrected chi connectivity index (χ1v) is 7.54. The largest absolute Gasteiger partial charge is 0.350 e. The Hall–Kier alpha value is -2.88. The number of benzene rings is 2. The van der Waals surface area contributed by atoms with E-state index in [1.165, 1.54) is 6.07 Å². The lowest BCUT2D eigenvalue weighted by Crippen LogP contribution is -2.27. The summed E-state index contributed by atoms with van der Waals surface area (Å²) in [5.74, 6) is -0.0839. The third-order valence-corrected chi connectivity index (χ3v) is 3.78. The summed E-state index contributed by atoms with van der Waals surface area (Å²) in [5.41, 5.74) is 2.84. The van der Waals surface area contributed by atoms with E-state index in [9.17, 15) is 9.59 Å². The number of fused-ring (bicyclic) bond motifs is 1. The molecule has 1 amide bonds. The van der Waals surface area contributed by atoms with Gasteiger partial charge in [-0.2, -0.15) is 0 Å². The van der Waals surface area contributed by atoms with Crippen LogP contribution in [0.1, 0.15) is 11.1 Å². The maximum absolute atomic E-state index is 12.2. The van der Waals surface area contributed by atoms with Crippen molar-refractivity contribution < 1.29 is 4.79 Å². The summed E-state index contributed by atoms with van der Waals surface area (Å²) in [6, 6.07) is 17.0. The van der Waals surface area contributed by atoms with Crippen molar-refractivity contribution in [1.29, 1.82) is 0 Å². The van der Waals surface area contributed by atoms with E-state index >= 15 is 0 Å². The fourth-order valence-corrected chi connectivity index (χ4v) is 2.57. The second kappa shape index (κ2) is 6.48. The van der Waals surface area contributed by atoms with E-state index in [1.807, 2.05) is 55.5 Å². The SMILES string of the molecule is Cc1ccc2c(c1)c(=O)ccn2CC(=O)NCc1ccccc1. The van der Waals surface area contributed by atoms with Gasteiger partial charge >= 0.3 is 0 Å². The summed E-state index contributed by atoms with van der Waals surface area (Å²) in [6.45, 7) is 2.63. The van der Waals surface area contributed by atoms with E-state index in [4.69, 9.17) is 0 Å². The molecule has 4 nitrogen and oxygen atoms in total. The minimum absolute atomic E-state index is 0.0235. The molecule has 0 atom stereocenters. The fraction of sp³-hybridized carbons (Fsp3) is 0.158. The lowest BCUT2D eigenvalue weighted by Gasteiger charge is -2.11. The van der Waals surface area contributed by atoms with Gasteiger partial charge in [0.15, 0.2) is 5.43 Å². The molecule has 116 valence electrons. The zero-order chi connectivity index (χ0) is 16.2. The topological polar surface area (TPSA) is 51.1 Å². The van der Waals surface area contributed by atoms with Crippen LogP contribution >= 0.6 is 0 Å². The number of aromatic nitrogens is 1. The highest BCUT2D eigenvalue weighted by atomic mass is 16.2. The van der Waals surface area contributed by atoms with E-state index in [2.05, 4.69) is 5.32 Å². The van der Waals surface area contributed by atoms with Crippen LogP contribution in [0.5, 0.6) is 0 Å². The van der Waals surface area contributed by atoms with E-state index in [0.29, 0.717) is 11.9 Å². The third kappa shape index (κ3) is 3.48. The maximum atomic E-state index is 12.2. The Morgan fingerprint density at radius 2 is 1.87 bits per heavy atom. The molecule has 0 spiro atoms. The molecule has 0 saturated heterocycles. The molecular weight excluding hydrogens is 288 g/mol. The quantitative estimate of drug-likeness (QED) is 0.805. The summed E-state index contributed by atoms with van der Waals surface area (Å²) in [5, 5.41) is 3.54. The average molecular weight is 306 g/mol. The summed E-state index contributed by atoms with van der Waals surface area (Å²) in [4.78, 5) is 24.1. The smallest absolute Gasteiger partial charge is 0.240 e. The van der Waals surface area contributed by atoms with E-state index < -0.39 is 0 Å². The van der Waals surface area contributed by atoms with Gasteiger partial charge in [0.05, 0.1) is 5.52 Å². The lowest BCUT2D eigenvalue weighted by molar-refractivity contribution is -0.121. The molecule has 3 aromatic rings. The van der Waals surface area contributed by atoms with Crippen LogP contribution in [0.25, 0.3) is 10.9 Å². The second-order valence-electron chi connectivity index (χ2n) is 5.59.